The van der Waals surface area contributed by atoms with Crippen molar-refractivity contribution in [2.75, 3.05) is 0 Å². The molecule has 0 heterocycles. The lowest BCUT2D eigenvalue weighted by Crippen LogP contribution is -1.98. The Hall–Kier alpha value is -0.330. The minimum absolute atomic E-state index is 0.429. The Bertz CT molecular complexity index is 158. The SMILES string of the molecule is C[C@@H]1[C@@H](C=O)[C@H]1C1CCCC1. The summed E-state index contributed by atoms with van der Waals surface area (Å²) in [7, 11) is 0. The summed E-state index contributed by atoms with van der Waals surface area (Å²) >= 11 is 0. The van der Waals surface area contributed by atoms with Gasteiger partial charge in [-0.15, -0.1) is 0 Å². The Kier molecular flexibility index (Phi) is 1.74. The van der Waals surface area contributed by atoms with Crippen LogP contribution in [0.4, 0.5) is 0 Å². The maximum absolute atomic E-state index is 10.5. The highest BCUT2D eigenvalue weighted by molar-refractivity contribution is 5.59. The third kappa shape index (κ3) is 1.11. The van der Waals surface area contributed by atoms with E-state index in [1.165, 1.54) is 32.0 Å². The summed E-state index contributed by atoms with van der Waals surface area (Å²) in [5.74, 6) is 2.81. The average Bonchev–Trinajstić information content (AvgIpc) is 2.53. The molecule has 0 aromatic heterocycles. The van der Waals surface area contributed by atoms with Crippen molar-refractivity contribution in [2.45, 2.75) is 32.6 Å². The lowest BCUT2D eigenvalue weighted by Gasteiger charge is -2.05. The van der Waals surface area contributed by atoms with Gasteiger partial charge in [0.25, 0.3) is 0 Å². The van der Waals surface area contributed by atoms with Crippen LogP contribution in [0.5, 0.6) is 0 Å². The standard InChI is InChI=1S/C10H16O/c1-7-9(6-11)10(7)8-4-2-3-5-8/h6-10H,2-5H2,1H3/t7-,9-,10-/m1/s1. The van der Waals surface area contributed by atoms with Crippen LogP contribution < -0.4 is 0 Å². The molecule has 2 aliphatic rings. The van der Waals surface area contributed by atoms with E-state index in [9.17, 15) is 4.79 Å². The molecule has 0 aromatic rings. The van der Waals surface area contributed by atoms with E-state index in [1.807, 2.05) is 0 Å². The molecule has 0 radical (unpaired) electrons. The van der Waals surface area contributed by atoms with E-state index >= 15 is 0 Å². The Labute approximate surface area is 68.2 Å². The van der Waals surface area contributed by atoms with Crippen LogP contribution in [-0.2, 0) is 4.79 Å². The van der Waals surface area contributed by atoms with Gasteiger partial charge in [0, 0.05) is 5.92 Å². The lowest BCUT2D eigenvalue weighted by molar-refractivity contribution is -0.109. The molecule has 0 aliphatic heterocycles. The van der Waals surface area contributed by atoms with E-state index < -0.39 is 0 Å². The molecule has 0 bridgehead atoms. The first kappa shape index (κ1) is 7.33. The van der Waals surface area contributed by atoms with Crippen LogP contribution in [0.2, 0.25) is 0 Å². The quantitative estimate of drug-likeness (QED) is 0.555. The molecule has 0 N–H and O–H groups in total. The van der Waals surface area contributed by atoms with Crippen LogP contribution in [0, 0.1) is 23.7 Å². The molecule has 0 amide bonds. The van der Waals surface area contributed by atoms with Gasteiger partial charge in [0.2, 0.25) is 0 Å². The fourth-order valence-electron chi connectivity index (χ4n) is 2.83. The van der Waals surface area contributed by atoms with Crippen molar-refractivity contribution >= 4 is 6.29 Å². The normalized spacial score (nSPS) is 44.3. The van der Waals surface area contributed by atoms with Gasteiger partial charge in [-0.25, -0.2) is 0 Å². The van der Waals surface area contributed by atoms with Crippen LogP contribution >= 0.6 is 0 Å². The highest BCUT2D eigenvalue weighted by Crippen LogP contribution is 2.53. The van der Waals surface area contributed by atoms with E-state index in [0.717, 1.165) is 11.8 Å². The van der Waals surface area contributed by atoms with Crippen LogP contribution in [0.15, 0.2) is 0 Å². The fourth-order valence-corrected chi connectivity index (χ4v) is 2.83. The summed E-state index contributed by atoms with van der Waals surface area (Å²) in [5.41, 5.74) is 0. The van der Waals surface area contributed by atoms with Crippen molar-refractivity contribution in [3.63, 3.8) is 0 Å². The predicted molar refractivity (Wildman–Crippen MR) is 44.2 cm³/mol. The molecular formula is C10H16O. The number of carbonyl (C=O) groups is 1. The number of hydrogen-bond acceptors (Lipinski definition) is 1. The Morgan fingerprint density at radius 1 is 1.27 bits per heavy atom. The van der Waals surface area contributed by atoms with E-state index in [0.29, 0.717) is 11.8 Å². The maximum Gasteiger partial charge on any atom is 0.123 e. The minimum Gasteiger partial charge on any atom is -0.303 e. The minimum atomic E-state index is 0.429. The average molecular weight is 152 g/mol. The van der Waals surface area contributed by atoms with E-state index in [2.05, 4.69) is 6.92 Å². The molecule has 2 saturated carbocycles. The molecule has 0 spiro atoms. The lowest BCUT2D eigenvalue weighted by atomic mass is 10.00. The number of rotatable bonds is 2. The van der Waals surface area contributed by atoms with E-state index in [1.54, 1.807) is 0 Å². The first-order chi connectivity index (χ1) is 5.34. The second kappa shape index (κ2) is 2.62. The fraction of sp³-hybridized carbons (Fsp3) is 0.900. The summed E-state index contributed by atoms with van der Waals surface area (Å²) in [6.07, 6.45) is 6.76. The van der Waals surface area contributed by atoms with Gasteiger partial charge >= 0.3 is 0 Å². The van der Waals surface area contributed by atoms with Gasteiger partial charge in [-0.2, -0.15) is 0 Å². The Balaban J connectivity index is 1.92. The molecule has 1 nitrogen and oxygen atoms in total. The topological polar surface area (TPSA) is 17.1 Å². The molecule has 3 atom stereocenters. The third-order valence-corrected chi connectivity index (χ3v) is 3.62. The highest BCUT2D eigenvalue weighted by atomic mass is 16.1. The zero-order valence-electron chi connectivity index (χ0n) is 7.12. The highest BCUT2D eigenvalue weighted by Gasteiger charge is 2.50. The van der Waals surface area contributed by atoms with Gasteiger partial charge < -0.3 is 4.79 Å². The van der Waals surface area contributed by atoms with Crippen molar-refractivity contribution in [3.8, 4) is 0 Å². The van der Waals surface area contributed by atoms with Crippen LogP contribution in [0.25, 0.3) is 0 Å². The number of aldehydes is 1. The molecular weight excluding hydrogens is 136 g/mol. The Morgan fingerprint density at radius 2 is 1.91 bits per heavy atom. The van der Waals surface area contributed by atoms with Crippen molar-refractivity contribution in [1.29, 1.82) is 0 Å². The van der Waals surface area contributed by atoms with E-state index in [-0.39, 0.29) is 0 Å². The van der Waals surface area contributed by atoms with Crippen molar-refractivity contribution in [3.05, 3.63) is 0 Å². The summed E-state index contributed by atoms with van der Waals surface area (Å²) in [5, 5.41) is 0. The third-order valence-electron chi connectivity index (χ3n) is 3.62. The van der Waals surface area contributed by atoms with E-state index in [4.69, 9.17) is 0 Å². The van der Waals surface area contributed by atoms with Crippen molar-refractivity contribution in [1.82, 2.24) is 0 Å². The molecule has 2 aliphatic carbocycles. The maximum atomic E-state index is 10.5. The molecule has 0 saturated heterocycles. The van der Waals surface area contributed by atoms with Gasteiger partial charge in [0.15, 0.2) is 0 Å². The molecule has 0 unspecified atom stereocenters. The second-order valence-corrected chi connectivity index (χ2v) is 4.19. The number of carbonyl (C=O) groups excluding carboxylic acids is 1. The first-order valence-electron chi connectivity index (χ1n) is 4.80. The largest absolute Gasteiger partial charge is 0.303 e. The van der Waals surface area contributed by atoms with Gasteiger partial charge in [-0.3, -0.25) is 0 Å². The summed E-state index contributed by atoms with van der Waals surface area (Å²) in [6.45, 7) is 2.22. The molecule has 0 aromatic carbocycles. The summed E-state index contributed by atoms with van der Waals surface area (Å²) in [4.78, 5) is 10.5. The van der Waals surface area contributed by atoms with Gasteiger partial charge in [0.1, 0.15) is 6.29 Å². The van der Waals surface area contributed by atoms with Crippen molar-refractivity contribution in [2.24, 2.45) is 23.7 Å². The Morgan fingerprint density at radius 3 is 2.36 bits per heavy atom. The van der Waals surface area contributed by atoms with Crippen LogP contribution in [0.3, 0.4) is 0 Å². The predicted octanol–water partition coefficient (Wildman–Crippen LogP) is 2.26. The van der Waals surface area contributed by atoms with Gasteiger partial charge in [0.05, 0.1) is 0 Å². The molecule has 11 heavy (non-hydrogen) atoms. The molecule has 2 rings (SSSR count). The van der Waals surface area contributed by atoms with Crippen molar-refractivity contribution < 1.29 is 4.79 Å². The second-order valence-electron chi connectivity index (χ2n) is 4.19. The van der Waals surface area contributed by atoms with Gasteiger partial charge in [-0.1, -0.05) is 32.6 Å². The first-order valence-corrected chi connectivity index (χ1v) is 4.80. The molecule has 62 valence electrons. The van der Waals surface area contributed by atoms with Crippen LogP contribution in [-0.4, -0.2) is 6.29 Å². The molecule has 1 heteroatoms. The van der Waals surface area contributed by atoms with Gasteiger partial charge in [-0.05, 0) is 17.8 Å². The number of hydrogen-bond donors (Lipinski definition) is 0. The monoisotopic (exact) mass is 152 g/mol. The van der Waals surface area contributed by atoms with Crippen LogP contribution in [0.1, 0.15) is 32.6 Å². The zero-order valence-corrected chi connectivity index (χ0v) is 7.12. The molecule has 2 fully saturated rings. The zero-order chi connectivity index (χ0) is 7.84. The summed E-state index contributed by atoms with van der Waals surface area (Å²) < 4.78 is 0. The smallest absolute Gasteiger partial charge is 0.123 e. The summed E-state index contributed by atoms with van der Waals surface area (Å²) in [6, 6.07) is 0.